The van der Waals surface area contributed by atoms with Crippen molar-refractivity contribution in [2.75, 3.05) is 19.8 Å². The van der Waals surface area contributed by atoms with Gasteiger partial charge in [-0.25, -0.2) is 0 Å². The van der Waals surface area contributed by atoms with Gasteiger partial charge in [-0.1, -0.05) is 96.0 Å². The molecular formula is C26H50O5. The minimum absolute atomic E-state index is 0.0996. The summed E-state index contributed by atoms with van der Waals surface area (Å²) in [4.78, 5) is 0. The summed E-state index contributed by atoms with van der Waals surface area (Å²) in [5, 5.41) is 28.8. The topological polar surface area (TPSA) is 79.2 Å². The zero-order chi connectivity index (χ0) is 22.6. The lowest BCUT2D eigenvalue weighted by Crippen LogP contribution is -2.42. The standard InChI is InChI=1S/C26H50O5/c1-2-3-4-5-6-7-8-9-10-11-12-13-14-15-16-17-18-19-20-30-24(21-27)26-25(29)23(28)22-31-26/h2,23-29H,1,3-22H2/t23-,24+,25-,26-/m1/s1. The monoisotopic (exact) mass is 442 g/mol. The van der Waals surface area contributed by atoms with Crippen molar-refractivity contribution in [2.24, 2.45) is 0 Å². The highest BCUT2D eigenvalue weighted by Gasteiger charge is 2.40. The molecule has 0 bridgehead atoms. The van der Waals surface area contributed by atoms with Crippen LogP contribution in [-0.4, -0.2) is 59.6 Å². The first kappa shape index (κ1) is 28.6. The molecule has 1 aliphatic heterocycles. The fourth-order valence-electron chi connectivity index (χ4n) is 4.30. The van der Waals surface area contributed by atoms with E-state index in [1.54, 1.807) is 0 Å². The quantitative estimate of drug-likeness (QED) is 0.157. The van der Waals surface area contributed by atoms with Crippen LogP contribution in [0.4, 0.5) is 0 Å². The van der Waals surface area contributed by atoms with Gasteiger partial charge in [0, 0.05) is 6.61 Å². The van der Waals surface area contributed by atoms with E-state index in [1.165, 1.54) is 96.3 Å². The van der Waals surface area contributed by atoms with E-state index >= 15 is 0 Å². The second-order valence-corrected chi connectivity index (χ2v) is 9.18. The van der Waals surface area contributed by atoms with Crippen molar-refractivity contribution in [3.63, 3.8) is 0 Å². The number of allylic oxidation sites excluding steroid dienone is 1. The van der Waals surface area contributed by atoms with E-state index in [0.717, 1.165) is 12.8 Å². The molecule has 1 rings (SSSR count). The maximum Gasteiger partial charge on any atom is 0.114 e. The number of aliphatic hydroxyl groups is 3. The Morgan fingerprint density at radius 2 is 1.23 bits per heavy atom. The highest BCUT2D eigenvalue weighted by atomic mass is 16.6. The van der Waals surface area contributed by atoms with E-state index in [1.807, 2.05) is 6.08 Å². The Hall–Kier alpha value is -0.460. The summed E-state index contributed by atoms with van der Waals surface area (Å²) in [7, 11) is 0. The molecule has 5 nitrogen and oxygen atoms in total. The van der Waals surface area contributed by atoms with E-state index in [4.69, 9.17) is 9.47 Å². The summed E-state index contributed by atoms with van der Waals surface area (Å²) >= 11 is 0. The summed E-state index contributed by atoms with van der Waals surface area (Å²) < 4.78 is 11.0. The van der Waals surface area contributed by atoms with E-state index in [-0.39, 0.29) is 13.2 Å². The lowest BCUT2D eigenvalue weighted by Gasteiger charge is -2.24. The zero-order valence-corrected chi connectivity index (χ0v) is 19.9. The summed E-state index contributed by atoms with van der Waals surface area (Å²) in [6.07, 6.45) is 21.3. The van der Waals surface area contributed by atoms with E-state index < -0.39 is 24.4 Å². The predicted octanol–water partition coefficient (Wildman–Crippen LogP) is 5.30. The molecule has 5 heteroatoms. The Labute approximate surface area is 191 Å². The third-order valence-electron chi connectivity index (χ3n) is 6.37. The number of hydrogen-bond acceptors (Lipinski definition) is 5. The van der Waals surface area contributed by atoms with Gasteiger partial charge in [0.25, 0.3) is 0 Å². The summed E-state index contributed by atoms with van der Waals surface area (Å²) in [5.41, 5.74) is 0. The van der Waals surface area contributed by atoms with Crippen LogP contribution in [0.15, 0.2) is 12.7 Å². The van der Waals surface area contributed by atoms with Crippen LogP contribution in [0, 0.1) is 0 Å². The molecule has 0 aromatic rings. The minimum Gasteiger partial charge on any atom is -0.394 e. The number of unbranched alkanes of at least 4 members (excludes halogenated alkanes) is 16. The highest BCUT2D eigenvalue weighted by Crippen LogP contribution is 2.20. The molecule has 1 aliphatic rings. The fraction of sp³-hybridized carbons (Fsp3) is 0.923. The Morgan fingerprint density at radius 3 is 1.61 bits per heavy atom. The van der Waals surface area contributed by atoms with Crippen LogP contribution < -0.4 is 0 Å². The van der Waals surface area contributed by atoms with Gasteiger partial charge in [0.05, 0.1) is 13.2 Å². The van der Waals surface area contributed by atoms with Gasteiger partial charge in [0.1, 0.15) is 24.4 Å². The number of hydrogen-bond donors (Lipinski definition) is 3. The molecule has 1 fully saturated rings. The minimum atomic E-state index is -0.977. The Bertz CT molecular complexity index is 403. The molecule has 1 heterocycles. The van der Waals surface area contributed by atoms with Crippen LogP contribution in [0.5, 0.6) is 0 Å². The molecule has 4 atom stereocenters. The lowest BCUT2D eigenvalue weighted by molar-refractivity contribution is -0.101. The molecule has 3 N–H and O–H groups in total. The molecule has 0 aromatic carbocycles. The molecule has 0 aromatic heterocycles. The Balaban J connectivity index is 1.78. The Morgan fingerprint density at radius 1 is 0.774 bits per heavy atom. The van der Waals surface area contributed by atoms with Gasteiger partial charge in [0.2, 0.25) is 0 Å². The molecule has 0 amide bonds. The van der Waals surface area contributed by atoms with Gasteiger partial charge in [-0.15, -0.1) is 6.58 Å². The molecule has 0 radical (unpaired) electrons. The van der Waals surface area contributed by atoms with E-state index in [9.17, 15) is 15.3 Å². The molecule has 31 heavy (non-hydrogen) atoms. The van der Waals surface area contributed by atoms with Crippen LogP contribution in [0.2, 0.25) is 0 Å². The van der Waals surface area contributed by atoms with E-state index in [2.05, 4.69) is 6.58 Å². The van der Waals surface area contributed by atoms with Crippen molar-refractivity contribution < 1.29 is 24.8 Å². The average molecular weight is 443 g/mol. The second kappa shape index (κ2) is 20.2. The molecule has 184 valence electrons. The largest absolute Gasteiger partial charge is 0.394 e. The van der Waals surface area contributed by atoms with Crippen molar-refractivity contribution in [2.45, 2.75) is 134 Å². The van der Waals surface area contributed by atoms with Crippen molar-refractivity contribution in [3.8, 4) is 0 Å². The first-order valence-corrected chi connectivity index (χ1v) is 13.0. The van der Waals surface area contributed by atoms with Gasteiger partial charge in [-0.2, -0.15) is 0 Å². The van der Waals surface area contributed by atoms with Crippen LogP contribution in [0.3, 0.4) is 0 Å². The summed E-state index contributed by atoms with van der Waals surface area (Å²) in [6, 6.07) is 0. The van der Waals surface area contributed by atoms with Crippen LogP contribution in [0.1, 0.15) is 109 Å². The molecule has 0 aliphatic carbocycles. The first-order valence-electron chi connectivity index (χ1n) is 13.0. The predicted molar refractivity (Wildman–Crippen MR) is 127 cm³/mol. The third-order valence-corrected chi connectivity index (χ3v) is 6.37. The Kier molecular flexibility index (Phi) is 18.6. The average Bonchev–Trinajstić information content (AvgIpc) is 3.11. The third kappa shape index (κ3) is 14.3. The van der Waals surface area contributed by atoms with E-state index in [0.29, 0.717) is 6.61 Å². The van der Waals surface area contributed by atoms with Crippen molar-refractivity contribution in [1.29, 1.82) is 0 Å². The molecule has 0 unspecified atom stereocenters. The number of rotatable bonds is 22. The lowest BCUT2D eigenvalue weighted by atomic mass is 10.0. The molecule has 0 spiro atoms. The maximum atomic E-state index is 9.85. The van der Waals surface area contributed by atoms with Crippen molar-refractivity contribution in [1.82, 2.24) is 0 Å². The zero-order valence-electron chi connectivity index (χ0n) is 19.9. The van der Waals surface area contributed by atoms with Gasteiger partial charge in [0.15, 0.2) is 0 Å². The number of ether oxygens (including phenoxy) is 2. The highest BCUT2D eigenvalue weighted by molar-refractivity contribution is 4.88. The van der Waals surface area contributed by atoms with Gasteiger partial charge < -0.3 is 24.8 Å². The van der Waals surface area contributed by atoms with Crippen molar-refractivity contribution >= 4 is 0 Å². The molecule has 0 saturated carbocycles. The fourth-order valence-corrected chi connectivity index (χ4v) is 4.30. The molecule has 1 saturated heterocycles. The molecular weight excluding hydrogens is 392 g/mol. The van der Waals surface area contributed by atoms with Gasteiger partial charge >= 0.3 is 0 Å². The van der Waals surface area contributed by atoms with Crippen LogP contribution >= 0.6 is 0 Å². The first-order chi connectivity index (χ1) is 15.2. The summed E-state index contributed by atoms with van der Waals surface area (Å²) in [5.74, 6) is 0. The van der Waals surface area contributed by atoms with Crippen molar-refractivity contribution in [3.05, 3.63) is 12.7 Å². The van der Waals surface area contributed by atoms with Gasteiger partial charge in [-0.3, -0.25) is 0 Å². The smallest absolute Gasteiger partial charge is 0.114 e. The summed E-state index contributed by atoms with van der Waals surface area (Å²) in [6.45, 7) is 4.22. The maximum absolute atomic E-state index is 9.85. The van der Waals surface area contributed by atoms with Crippen LogP contribution in [0.25, 0.3) is 0 Å². The van der Waals surface area contributed by atoms with Gasteiger partial charge in [-0.05, 0) is 19.3 Å². The van der Waals surface area contributed by atoms with Crippen LogP contribution in [-0.2, 0) is 9.47 Å². The normalized spacial score (nSPS) is 22.1. The SMILES string of the molecule is C=CCCCCCCCCCCCCCCCCCCO[C@@H](CO)[C@H]1OC[C@@H](O)[C@H]1O. The number of aliphatic hydroxyl groups excluding tert-OH is 3. The second-order valence-electron chi connectivity index (χ2n) is 9.18.